The summed E-state index contributed by atoms with van der Waals surface area (Å²) < 4.78 is 7.61. The summed E-state index contributed by atoms with van der Waals surface area (Å²) in [5, 5.41) is 7.84. The topological polar surface area (TPSA) is 59.4 Å². The van der Waals surface area contributed by atoms with Crippen molar-refractivity contribution in [2.24, 2.45) is 0 Å². The Bertz CT molecular complexity index is 1020. The van der Waals surface area contributed by atoms with Crippen LogP contribution in [-0.4, -0.2) is 40.3 Å². The average molecular weight is 405 g/mol. The monoisotopic (exact) mass is 404 g/mol. The lowest BCUT2D eigenvalue weighted by atomic mass is 9.92. The number of anilines is 1. The van der Waals surface area contributed by atoms with Crippen molar-refractivity contribution in [2.45, 2.75) is 32.7 Å². The highest BCUT2D eigenvalue weighted by atomic mass is 16.5. The summed E-state index contributed by atoms with van der Waals surface area (Å²) in [5.41, 5.74) is 2.83. The molecule has 30 heavy (non-hydrogen) atoms. The van der Waals surface area contributed by atoms with Crippen molar-refractivity contribution in [3.63, 3.8) is 0 Å². The molecule has 0 spiro atoms. The largest absolute Gasteiger partial charge is 0.492 e. The van der Waals surface area contributed by atoms with Gasteiger partial charge in [0.2, 0.25) is 5.91 Å². The van der Waals surface area contributed by atoms with Crippen LogP contribution >= 0.6 is 0 Å². The lowest BCUT2D eigenvalue weighted by Crippen LogP contribution is -2.34. The molecule has 4 rings (SSSR count). The molecular formula is C24H28N4O2. The summed E-state index contributed by atoms with van der Waals surface area (Å²) in [6.45, 7) is 8.60. The third-order valence-corrected chi connectivity index (χ3v) is 5.14. The molecule has 2 heterocycles. The molecule has 0 saturated carbocycles. The van der Waals surface area contributed by atoms with E-state index in [1.807, 2.05) is 60.7 Å². The number of para-hydroxylation sites is 2. The number of rotatable bonds is 4. The summed E-state index contributed by atoms with van der Waals surface area (Å²) in [4.78, 5) is 15.0. The fraction of sp³-hybridized carbons (Fsp3) is 0.333. The van der Waals surface area contributed by atoms with Crippen molar-refractivity contribution in [3.8, 4) is 11.4 Å². The smallest absolute Gasteiger partial charge is 0.239 e. The van der Waals surface area contributed by atoms with Gasteiger partial charge in [-0.25, -0.2) is 4.68 Å². The number of aromatic nitrogens is 2. The number of nitrogens with one attached hydrogen (secondary N) is 1. The lowest BCUT2D eigenvalue weighted by molar-refractivity contribution is -0.117. The van der Waals surface area contributed by atoms with Crippen molar-refractivity contribution < 1.29 is 9.53 Å². The number of benzene rings is 2. The Hall–Kier alpha value is -3.12. The summed E-state index contributed by atoms with van der Waals surface area (Å²) in [7, 11) is 0. The summed E-state index contributed by atoms with van der Waals surface area (Å²) in [5.74, 6) is 1.52. The number of nitrogens with zero attached hydrogens (tertiary/aromatic N) is 3. The molecule has 0 unspecified atom stereocenters. The number of hydrogen-bond donors (Lipinski definition) is 1. The molecule has 1 aromatic heterocycles. The first kappa shape index (κ1) is 20.2. The maximum atomic E-state index is 12.9. The van der Waals surface area contributed by atoms with Crippen molar-refractivity contribution in [2.75, 3.05) is 25.0 Å². The summed E-state index contributed by atoms with van der Waals surface area (Å²) in [6, 6.07) is 19.8. The first-order chi connectivity index (χ1) is 14.4. The van der Waals surface area contributed by atoms with Gasteiger partial charge in [0.25, 0.3) is 0 Å². The van der Waals surface area contributed by atoms with E-state index in [2.05, 4.69) is 31.0 Å². The fourth-order valence-electron chi connectivity index (χ4n) is 3.50. The molecule has 1 aliphatic heterocycles. The number of hydrogen-bond acceptors (Lipinski definition) is 4. The second-order valence-corrected chi connectivity index (χ2v) is 8.63. The Morgan fingerprint density at radius 3 is 2.60 bits per heavy atom. The van der Waals surface area contributed by atoms with Gasteiger partial charge in [0.05, 0.1) is 17.9 Å². The number of ether oxygens (including phenoxy) is 1. The highest BCUT2D eigenvalue weighted by Gasteiger charge is 2.23. The van der Waals surface area contributed by atoms with E-state index in [1.54, 1.807) is 4.68 Å². The molecule has 3 aromatic rings. The Labute approximate surface area is 177 Å². The van der Waals surface area contributed by atoms with Crippen LogP contribution in [0.5, 0.6) is 5.75 Å². The molecule has 6 heteroatoms. The predicted octanol–water partition coefficient (Wildman–Crippen LogP) is 4.00. The van der Waals surface area contributed by atoms with Gasteiger partial charge in [-0.3, -0.25) is 9.69 Å². The number of fused-ring (bicyclic) bond motifs is 1. The summed E-state index contributed by atoms with van der Waals surface area (Å²) in [6.07, 6.45) is 0. The zero-order chi connectivity index (χ0) is 21.1. The first-order valence-corrected chi connectivity index (χ1v) is 10.3. The predicted molar refractivity (Wildman–Crippen MR) is 118 cm³/mol. The van der Waals surface area contributed by atoms with Gasteiger partial charge in [0.15, 0.2) is 0 Å². The second kappa shape index (κ2) is 8.32. The maximum absolute atomic E-state index is 12.9. The van der Waals surface area contributed by atoms with Gasteiger partial charge < -0.3 is 10.1 Å². The van der Waals surface area contributed by atoms with E-state index in [4.69, 9.17) is 9.84 Å². The molecule has 0 fully saturated rings. The van der Waals surface area contributed by atoms with E-state index in [1.165, 1.54) is 0 Å². The molecule has 0 bridgehead atoms. The number of carbonyl (C=O) groups is 1. The Morgan fingerprint density at radius 2 is 1.83 bits per heavy atom. The van der Waals surface area contributed by atoms with Gasteiger partial charge in [0, 0.05) is 30.1 Å². The minimum absolute atomic E-state index is 0.0630. The molecule has 0 radical (unpaired) electrons. The van der Waals surface area contributed by atoms with E-state index in [9.17, 15) is 4.79 Å². The molecule has 0 atom stereocenters. The van der Waals surface area contributed by atoms with Crippen LogP contribution in [0.4, 0.5) is 5.82 Å². The van der Waals surface area contributed by atoms with Crippen molar-refractivity contribution in [3.05, 3.63) is 71.9 Å². The van der Waals surface area contributed by atoms with Gasteiger partial charge in [-0.2, -0.15) is 5.10 Å². The molecule has 2 aromatic carbocycles. The highest BCUT2D eigenvalue weighted by Crippen LogP contribution is 2.26. The summed E-state index contributed by atoms with van der Waals surface area (Å²) >= 11 is 0. The van der Waals surface area contributed by atoms with Crippen LogP contribution < -0.4 is 10.1 Å². The maximum Gasteiger partial charge on any atom is 0.239 e. The molecule has 156 valence electrons. The third kappa shape index (κ3) is 4.54. The van der Waals surface area contributed by atoms with Crippen molar-refractivity contribution in [1.82, 2.24) is 14.7 Å². The van der Waals surface area contributed by atoms with Crippen LogP contribution in [0.3, 0.4) is 0 Å². The van der Waals surface area contributed by atoms with E-state index < -0.39 is 0 Å². The van der Waals surface area contributed by atoms with Crippen LogP contribution in [0.1, 0.15) is 32.0 Å². The zero-order valence-corrected chi connectivity index (χ0v) is 17.8. The fourth-order valence-corrected chi connectivity index (χ4v) is 3.50. The third-order valence-electron chi connectivity index (χ3n) is 5.14. The Morgan fingerprint density at radius 1 is 1.10 bits per heavy atom. The first-order valence-electron chi connectivity index (χ1n) is 10.3. The van der Waals surface area contributed by atoms with Crippen molar-refractivity contribution in [1.29, 1.82) is 0 Å². The second-order valence-electron chi connectivity index (χ2n) is 8.63. The Balaban J connectivity index is 1.52. The molecule has 0 saturated heterocycles. The van der Waals surface area contributed by atoms with E-state index >= 15 is 0 Å². The number of carbonyl (C=O) groups excluding carboxylic acids is 1. The van der Waals surface area contributed by atoms with E-state index in [0.717, 1.165) is 22.7 Å². The zero-order valence-electron chi connectivity index (χ0n) is 17.8. The van der Waals surface area contributed by atoms with Gasteiger partial charge in [0.1, 0.15) is 18.2 Å². The molecule has 1 aliphatic rings. The van der Waals surface area contributed by atoms with E-state index in [-0.39, 0.29) is 11.3 Å². The Kier molecular flexibility index (Phi) is 5.59. The van der Waals surface area contributed by atoms with Crippen LogP contribution in [0.25, 0.3) is 5.69 Å². The SMILES string of the molecule is CC(C)(C)c1cc(NC(=O)CN2CCOc3ccccc3C2)n(-c2ccccc2)n1. The van der Waals surface area contributed by atoms with Crippen LogP contribution in [0.2, 0.25) is 0 Å². The normalized spacial score (nSPS) is 14.5. The number of amides is 1. The van der Waals surface area contributed by atoms with Gasteiger partial charge >= 0.3 is 0 Å². The quantitative estimate of drug-likeness (QED) is 0.714. The molecule has 1 N–H and O–H groups in total. The molecule has 1 amide bonds. The van der Waals surface area contributed by atoms with Crippen molar-refractivity contribution >= 4 is 11.7 Å². The van der Waals surface area contributed by atoms with Gasteiger partial charge in [-0.05, 0) is 18.2 Å². The van der Waals surface area contributed by atoms with Crippen LogP contribution in [0, 0.1) is 0 Å². The van der Waals surface area contributed by atoms with Crippen LogP contribution in [0.15, 0.2) is 60.7 Å². The molecule has 6 nitrogen and oxygen atoms in total. The molecule has 0 aliphatic carbocycles. The minimum Gasteiger partial charge on any atom is -0.492 e. The van der Waals surface area contributed by atoms with Gasteiger partial charge in [-0.1, -0.05) is 57.2 Å². The highest BCUT2D eigenvalue weighted by molar-refractivity contribution is 5.91. The van der Waals surface area contributed by atoms with Crippen LogP contribution in [-0.2, 0) is 16.8 Å². The van der Waals surface area contributed by atoms with E-state index in [0.29, 0.717) is 32.1 Å². The minimum atomic E-state index is -0.120. The molecular weight excluding hydrogens is 376 g/mol. The lowest BCUT2D eigenvalue weighted by Gasteiger charge is -2.19. The standard InChI is InChI=1S/C24H28N4O2/c1-24(2,3)21-15-22(28(26-21)19-10-5-4-6-11-19)25-23(29)17-27-13-14-30-20-12-8-7-9-18(20)16-27/h4-12,15H,13-14,16-17H2,1-3H3,(H,25,29). The van der Waals surface area contributed by atoms with Gasteiger partial charge in [-0.15, -0.1) is 0 Å². The average Bonchev–Trinajstić information content (AvgIpc) is 3.03.